The predicted octanol–water partition coefficient (Wildman–Crippen LogP) is 9.66. The Morgan fingerprint density at radius 1 is 0.263 bits per heavy atom. The van der Waals surface area contributed by atoms with Gasteiger partial charge >= 0.3 is 0 Å². The van der Waals surface area contributed by atoms with Gasteiger partial charge in [-0.3, -0.25) is 4.79 Å². The fourth-order valence-corrected chi connectivity index (χ4v) is 7.20. The number of hydrogen-bond acceptors (Lipinski definition) is 18. The van der Waals surface area contributed by atoms with Crippen molar-refractivity contribution in [3.05, 3.63) is 54.1 Å². The van der Waals surface area contributed by atoms with Crippen molar-refractivity contribution in [3.8, 4) is 16.9 Å². The lowest BCUT2D eigenvalue weighted by atomic mass is 10.0. The largest absolute Gasteiger partial charge is 0.488 e. The molecule has 0 heterocycles. The minimum absolute atomic E-state index is 0.0304. The van der Waals surface area contributed by atoms with E-state index in [1.54, 1.807) is 7.11 Å². The Morgan fingerprint density at radius 2 is 0.438 bits per heavy atom. The minimum atomic E-state index is -0.143. The van der Waals surface area contributed by atoms with Gasteiger partial charge in [0.15, 0.2) is 0 Å². The zero-order valence-electron chi connectivity index (χ0n) is 52.1. The van der Waals surface area contributed by atoms with Gasteiger partial charge in [0.05, 0.1) is 197 Å². The Bertz CT molecular complexity index is 1780. The molecule has 0 saturated heterocycles. The summed E-state index contributed by atoms with van der Waals surface area (Å²) >= 11 is 0. The van der Waals surface area contributed by atoms with Crippen LogP contribution in [0.2, 0.25) is 0 Å². The maximum absolute atomic E-state index is 11.0. The first-order valence-electron chi connectivity index (χ1n) is 29.2. The van der Waals surface area contributed by atoms with Crippen molar-refractivity contribution in [2.45, 2.75) is 208 Å². The Balaban J connectivity index is 1.44. The molecule has 0 spiro atoms. The second-order valence-corrected chi connectivity index (χ2v) is 21.8. The lowest BCUT2D eigenvalue weighted by Crippen LogP contribution is -2.31. The molecule has 0 aliphatic rings. The fraction of sp³-hybridized carbons (Fsp3) is 0.790. The molecule has 0 radical (unpaired) electrons. The van der Waals surface area contributed by atoms with Gasteiger partial charge in [0.2, 0.25) is 0 Å². The molecule has 0 saturated carbocycles. The van der Waals surface area contributed by atoms with Gasteiger partial charge < -0.3 is 80.5 Å². The summed E-state index contributed by atoms with van der Waals surface area (Å²) in [6, 6.07) is 15.4. The highest BCUT2D eigenvalue weighted by Crippen LogP contribution is 2.23. The van der Waals surface area contributed by atoms with Crippen LogP contribution in [0.25, 0.3) is 11.1 Å². The van der Waals surface area contributed by atoms with Gasteiger partial charge in [-0.15, -0.1) is 0 Å². The van der Waals surface area contributed by atoms with Gasteiger partial charge in [-0.1, -0.05) is 36.4 Å². The lowest BCUT2D eigenvalue weighted by molar-refractivity contribution is -0.116. The number of ether oxygens (including phenoxy) is 17. The normalized spacial score (nSPS) is 18.2. The molecule has 0 aliphatic carbocycles. The number of methoxy groups -OCH3 is 1. The molecule has 2 aromatic carbocycles. The molecule has 0 bridgehead atoms. The maximum atomic E-state index is 11.0. The summed E-state index contributed by atoms with van der Waals surface area (Å²) < 4.78 is 101. The average molecular weight is 1140 g/mol. The van der Waals surface area contributed by atoms with E-state index in [0.717, 1.165) is 23.2 Å². The van der Waals surface area contributed by atoms with Crippen molar-refractivity contribution < 1.29 is 85.3 Å². The van der Waals surface area contributed by atoms with Gasteiger partial charge in [0.1, 0.15) is 18.1 Å². The third-order valence-corrected chi connectivity index (χ3v) is 12.2. The number of rotatable bonds is 51. The first-order chi connectivity index (χ1) is 38.1. The van der Waals surface area contributed by atoms with Crippen molar-refractivity contribution >= 4 is 6.29 Å². The minimum Gasteiger partial charge on any atom is -0.488 e. The fourth-order valence-electron chi connectivity index (χ4n) is 7.20. The van der Waals surface area contributed by atoms with E-state index in [9.17, 15) is 4.79 Å². The van der Waals surface area contributed by atoms with Crippen LogP contribution < -0.4 is 4.74 Å². The number of benzene rings is 2. The third kappa shape index (κ3) is 37.5. The first-order valence-corrected chi connectivity index (χ1v) is 29.2. The Kier molecular flexibility index (Phi) is 40.2. The van der Waals surface area contributed by atoms with E-state index in [1.165, 1.54) is 0 Å². The van der Waals surface area contributed by atoms with Crippen LogP contribution in [0.3, 0.4) is 0 Å². The van der Waals surface area contributed by atoms with Gasteiger partial charge in [-0.2, -0.15) is 0 Å². The van der Waals surface area contributed by atoms with E-state index in [1.807, 2.05) is 159 Å². The summed E-state index contributed by atoms with van der Waals surface area (Å²) in [6.45, 7) is 39.0. The van der Waals surface area contributed by atoms with E-state index in [4.69, 9.17) is 80.5 Å². The molecule has 0 fully saturated rings. The van der Waals surface area contributed by atoms with E-state index >= 15 is 0 Å². The van der Waals surface area contributed by atoms with E-state index in [0.29, 0.717) is 111 Å². The summed E-state index contributed by atoms with van der Waals surface area (Å²) in [5.74, 6) is 0.763. The molecular weight excluding hydrogens is 1030 g/mol. The molecule has 0 amide bonds. The zero-order valence-corrected chi connectivity index (χ0v) is 52.1. The summed E-state index contributed by atoms with van der Waals surface area (Å²) in [5.41, 5.74) is 2.74. The monoisotopic (exact) mass is 1140 g/mol. The van der Waals surface area contributed by atoms with Crippen LogP contribution in [-0.4, -0.2) is 217 Å². The topological polar surface area (TPSA) is 174 Å². The highest BCUT2D eigenvalue weighted by atomic mass is 16.6. The van der Waals surface area contributed by atoms with Crippen molar-refractivity contribution in [1.82, 2.24) is 0 Å². The van der Waals surface area contributed by atoms with Crippen LogP contribution in [0.1, 0.15) is 121 Å². The molecule has 2 aromatic rings. The van der Waals surface area contributed by atoms with Gasteiger partial charge in [-0.05, 0) is 134 Å². The second kappa shape index (κ2) is 43.8. The highest BCUT2D eigenvalue weighted by molar-refractivity contribution is 5.77. The molecule has 18 heteroatoms. The van der Waals surface area contributed by atoms with Crippen molar-refractivity contribution in [1.29, 1.82) is 0 Å². The molecule has 16 unspecified atom stereocenters. The van der Waals surface area contributed by atoms with Crippen LogP contribution in [0, 0.1) is 0 Å². The van der Waals surface area contributed by atoms with Crippen LogP contribution in [-0.2, 0) is 75.8 Å². The molecule has 464 valence electrons. The summed E-state index contributed by atoms with van der Waals surface area (Å²) in [7, 11) is 1.66. The Labute approximate surface area is 482 Å². The molecule has 16 atom stereocenters. The third-order valence-electron chi connectivity index (χ3n) is 12.2. The molecular formula is C62H108O18. The highest BCUT2D eigenvalue weighted by Gasteiger charge is 2.18. The summed E-state index contributed by atoms with van der Waals surface area (Å²) in [5, 5.41) is 0. The van der Waals surface area contributed by atoms with Crippen LogP contribution in [0.15, 0.2) is 48.5 Å². The first kappa shape index (κ1) is 73.4. The zero-order chi connectivity index (χ0) is 59.2. The molecule has 0 aromatic heterocycles. The van der Waals surface area contributed by atoms with E-state index in [-0.39, 0.29) is 97.7 Å². The predicted molar refractivity (Wildman–Crippen MR) is 310 cm³/mol. The van der Waals surface area contributed by atoms with Crippen LogP contribution in [0.5, 0.6) is 5.75 Å². The number of hydrogen-bond donors (Lipinski definition) is 0. The SMILES string of the molecule is COCC(C)OCC(C)OCC(C)OCC(C)OCC(C)OCC(C)OCC(C)OCC(C)OCC(C)OCC(C)OCC(C)OCC(C)OCC(C)OCC(C)OCC(C)OCC(C)Oc1ccc(-c2ccc(C=O)cc2)cc1. The van der Waals surface area contributed by atoms with Crippen molar-refractivity contribution in [3.63, 3.8) is 0 Å². The van der Waals surface area contributed by atoms with Crippen molar-refractivity contribution in [2.75, 3.05) is 113 Å². The number of aldehydes is 1. The lowest BCUT2D eigenvalue weighted by Gasteiger charge is -2.24. The van der Waals surface area contributed by atoms with Crippen molar-refractivity contribution in [2.24, 2.45) is 0 Å². The quantitative estimate of drug-likeness (QED) is 0.0572. The maximum Gasteiger partial charge on any atom is 0.150 e. The molecule has 2 rings (SSSR count). The molecule has 0 aliphatic heterocycles. The Hall–Kier alpha value is -2.73. The van der Waals surface area contributed by atoms with Crippen LogP contribution >= 0.6 is 0 Å². The van der Waals surface area contributed by atoms with Gasteiger partial charge in [0.25, 0.3) is 0 Å². The van der Waals surface area contributed by atoms with E-state index in [2.05, 4.69) is 0 Å². The summed E-state index contributed by atoms with van der Waals surface area (Å²) in [6.07, 6.45) is -0.675. The Morgan fingerprint density at radius 3 is 0.625 bits per heavy atom. The summed E-state index contributed by atoms with van der Waals surface area (Å²) in [4.78, 5) is 11.0. The smallest absolute Gasteiger partial charge is 0.150 e. The number of carbonyl (C=O) groups excluding carboxylic acids is 1. The standard InChI is InChI=1S/C62H108O18/c1-43(27-64-17)65-28-44(2)66-29-45(3)67-30-46(4)68-31-47(5)69-32-48(6)70-33-49(7)71-34-50(8)72-35-51(9)73-36-52(10)74-37-53(11)75-38-54(12)76-39-55(13)77-40-56(14)78-41-57(15)79-42-58(16)80-62-24-22-61(23-25-62)60-20-18-59(26-63)19-21-60/h18-26,43-58H,27-42H2,1-17H3. The average Bonchev–Trinajstić information content (AvgIpc) is 3.46. The van der Waals surface area contributed by atoms with E-state index < -0.39 is 0 Å². The number of carbonyl (C=O) groups is 1. The van der Waals surface area contributed by atoms with Gasteiger partial charge in [0, 0.05) is 12.7 Å². The molecule has 80 heavy (non-hydrogen) atoms. The molecule has 0 N–H and O–H groups in total. The molecule has 18 nitrogen and oxygen atoms in total. The second-order valence-electron chi connectivity index (χ2n) is 21.8. The van der Waals surface area contributed by atoms with Gasteiger partial charge in [-0.25, -0.2) is 0 Å². The van der Waals surface area contributed by atoms with Crippen LogP contribution in [0.4, 0.5) is 0 Å².